The molecule has 4 aliphatic heterocycles. The van der Waals surface area contributed by atoms with Crippen LogP contribution in [0.25, 0.3) is 0 Å². The van der Waals surface area contributed by atoms with Gasteiger partial charge in [0.15, 0.2) is 0 Å². The van der Waals surface area contributed by atoms with Gasteiger partial charge in [0.25, 0.3) is 5.91 Å². The van der Waals surface area contributed by atoms with Gasteiger partial charge < -0.3 is 19.8 Å². The number of ether oxygens (including phenoxy) is 1. The molecule has 1 amide bonds. The fraction of sp³-hybridized carbons (Fsp3) is 0.667. The van der Waals surface area contributed by atoms with Gasteiger partial charge in [0.1, 0.15) is 12.3 Å². The van der Waals surface area contributed by atoms with Gasteiger partial charge in [-0.25, -0.2) is 0 Å². The van der Waals surface area contributed by atoms with Crippen LogP contribution >= 0.6 is 0 Å². The fourth-order valence-corrected chi connectivity index (χ4v) is 7.45. The Morgan fingerprint density at radius 3 is 2.93 bits per heavy atom. The molecule has 1 aliphatic carbocycles. The van der Waals surface area contributed by atoms with Crippen LogP contribution in [0.5, 0.6) is 0 Å². The number of piperidine rings is 1. The van der Waals surface area contributed by atoms with Crippen molar-refractivity contribution in [2.75, 3.05) is 31.2 Å². The quantitative estimate of drug-likeness (QED) is 0.762. The molecular formula is C21H26N2O4. The van der Waals surface area contributed by atoms with Crippen molar-refractivity contribution in [1.29, 1.82) is 0 Å². The van der Waals surface area contributed by atoms with Crippen LogP contribution in [0.2, 0.25) is 0 Å². The molecule has 7 atom stereocenters. The number of para-hydroxylation sites is 1. The zero-order valence-electron chi connectivity index (χ0n) is 15.5. The summed E-state index contributed by atoms with van der Waals surface area (Å²) in [5.74, 6) is 0.639. The minimum Gasteiger partial charge on any atom is -0.387 e. The molecule has 6 heteroatoms. The van der Waals surface area contributed by atoms with Gasteiger partial charge in [-0.3, -0.25) is 9.69 Å². The number of rotatable bonds is 1. The van der Waals surface area contributed by atoms with E-state index < -0.39 is 17.7 Å². The molecule has 1 aromatic carbocycles. The predicted molar refractivity (Wildman–Crippen MR) is 98.1 cm³/mol. The predicted octanol–water partition coefficient (Wildman–Crippen LogP) is 0.711. The Labute approximate surface area is 158 Å². The van der Waals surface area contributed by atoms with E-state index in [1.165, 1.54) is 0 Å². The number of carbonyl (C=O) groups is 1. The highest BCUT2D eigenvalue weighted by Crippen LogP contribution is 2.67. The van der Waals surface area contributed by atoms with Gasteiger partial charge in [0.05, 0.1) is 24.2 Å². The third-order valence-corrected chi connectivity index (χ3v) is 8.46. The summed E-state index contributed by atoms with van der Waals surface area (Å²) in [6.07, 6.45) is 1.77. The first kappa shape index (κ1) is 16.5. The van der Waals surface area contributed by atoms with Crippen molar-refractivity contribution in [3.8, 4) is 0 Å². The largest absolute Gasteiger partial charge is 0.387 e. The number of benzene rings is 1. The van der Waals surface area contributed by atoms with Crippen LogP contribution in [0.3, 0.4) is 0 Å². The zero-order valence-corrected chi connectivity index (χ0v) is 15.5. The Hall–Kier alpha value is -1.47. The molecule has 144 valence electrons. The summed E-state index contributed by atoms with van der Waals surface area (Å²) < 4.78 is 6.19. The highest BCUT2D eigenvalue weighted by Gasteiger charge is 2.76. The summed E-state index contributed by atoms with van der Waals surface area (Å²) in [6.45, 7) is 3.95. The highest BCUT2D eigenvalue weighted by molar-refractivity contribution is 5.98. The van der Waals surface area contributed by atoms with E-state index in [9.17, 15) is 15.0 Å². The first-order valence-corrected chi connectivity index (χ1v) is 10.1. The SMILES string of the molecule is C[C@@H]1OC[C@@H]2[C@H]3C[C@]4(O)N(CC[C@@]45c4ccccc4N(C(=O)CO)[C@@H]25)C[C@@H]31. The molecule has 5 aliphatic rings. The first-order valence-electron chi connectivity index (χ1n) is 10.1. The maximum atomic E-state index is 12.9. The van der Waals surface area contributed by atoms with Gasteiger partial charge in [0, 0.05) is 30.6 Å². The first-order chi connectivity index (χ1) is 13.0. The molecule has 0 aromatic heterocycles. The summed E-state index contributed by atoms with van der Waals surface area (Å²) in [5, 5.41) is 21.8. The molecule has 4 fully saturated rings. The lowest BCUT2D eigenvalue weighted by atomic mass is 9.51. The number of anilines is 1. The number of nitrogens with zero attached hydrogens (tertiary/aromatic N) is 2. The van der Waals surface area contributed by atoms with Crippen molar-refractivity contribution in [3.05, 3.63) is 29.8 Å². The van der Waals surface area contributed by atoms with Gasteiger partial charge in [-0.1, -0.05) is 18.2 Å². The van der Waals surface area contributed by atoms with E-state index in [1.807, 2.05) is 23.1 Å². The van der Waals surface area contributed by atoms with E-state index in [1.54, 1.807) is 0 Å². The maximum Gasteiger partial charge on any atom is 0.252 e. The average molecular weight is 370 g/mol. The zero-order chi connectivity index (χ0) is 18.6. The Kier molecular flexibility index (Phi) is 3.12. The number of aliphatic hydroxyl groups excluding tert-OH is 1. The second kappa shape index (κ2) is 5.11. The van der Waals surface area contributed by atoms with Crippen LogP contribution in [-0.2, 0) is 14.9 Å². The Balaban J connectivity index is 1.62. The molecule has 2 bridgehead atoms. The van der Waals surface area contributed by atoms with E-state index in [4.69, 9.17) is 4.74 Å². The third-order valence-electron chi connectivity index (χ3n) is 8.46. The monoisotopic (exact) mass is 370 g/mol. The molecule has 0 radical (unpaired) electrons. The molecular weight excluding hydrogens is 344 g/mol. The minimum atomic E-state index is -0.924. The lowest BCUT2D eigenvalue weighted by Crippen LogP contribution is -2.75. The third kappa shape index (κ3) is 1.66. The summed E-state index contributed by atoms with van der Waals surface area (Å²) in [7, 11) is 0. The van der Waals surface area contributed by atoms with E-state index in [0.29, 0.717) is 18.4 Å². The standard InChI is InChI=1S/C21H26N2O4/c1-12-14-9-22-7-6-20-16-4-2-3-5-17(16)23(18(25)10-24)19(20)15(11-27-12)13(14)8-21(20,22)26/h2-5,12-15,19,24,26H,6-11H2,1H3/t12-,13-,14+,15+,19-,20-,21+/m0/s1. The van der Waals surface area contributed by atoms with E-state index in [2.05, 4.69) is 17.9 Å². The number of fused-ring (bicyclic) bond motifs is 2. The number of hydrogen-bond acceptors (Lipinski definition) is 5. The summed E-state index contributed by atoms with van der Waals surface area (Å²) in [5.41, 5.74) is 0.508. The van der Waals surface area contributed by atoms with Crippen molar-refractivity contribution < 1.29 is 19.7 Å². The molecule has 3 saturated heterocycles. The molecule has 27 heavy (non-hydrogen) atoms. The van der Waals surface area contributed by atoms with Crippen molar-refractivity contribution >= 4 is 11.6 Å². The average Bonchev–Trinajstić information content (AvgIpc) is 3.16. The Bertz CT molecular complexity index is 830. The van der Waals surface area contributed by atoms with Crippen LogP contribution < -0.4 is 4.90 Å². The van der Waals surface area contributed by atoms with Gasteiger partial charge in [-0.15, -0.1) is 0 Å². The smallest absolute Gasteiger partial charge is 0.252 e. The van der Waals surface area contributed by atoms with Crippen LogP contribution in [-0.4, -0.2) is 65.2 Å². The second-order valence-electron chi connectivity index (χ2n) is 9.10. The van der Waals surface area contributed by atoms with Crippen LogP contribution in [0, 0.1) is 17.8 Å². The molecule has 6 rings (SSSR count). The van der Waals surface area contributed by atoms with Crippen molar-refractivity contribution in [2.24, 2.45) is 17.8 Å². The van der Waals surface area contributed by atoms with Gasteiger partial charge >= 0.3 is 0 Å². The van der Waals surface area contributed by atoms with Crippen molar-refractivity contribution in [3.63, 3.8) is 0 Å². The van der Waals surface area contributed by atoms with E-state index in [-0.39, 0.29) is 24.0 Å². The lowest BCUT2D eigenvalue weighted by Gasteiger charge is -2.64. The van der Waals surface area contributed by atoms with Crippen molar-refractivity contribution in [1.82, 2.24) is 4.90 Å². The molecule has 4 heterocycles. The van der Waals surface area contributed by atoms with Gasteiger partial charge in [-0.05, 0) is 37.3 Å². The summed E-state index contributed by atoms with van der Waals surface area (Å²) >= 11 is 0. The lowest BCUT2D eigenvalue weighted by molar-refractivity contribution is -0.249. The minimum absolute atomic E-state index is 0.154. The van der Waals surface area contributed by atoms with Crippen LogP contribution in [0.1, 0.15) is 25.3 Å². The highest BCUT2D eigenvalue weighted by atomic mass is 16.5. The summed E-state index contributed by atoms with van der Waals surface area (Å²) in [6, 6.07) is 7.83. The number of hydrogen-bond donors (Lipinski definition) is 2. The number of aliphatic hydroxyl groups is 2. The molecule has 1 aromatic rings. The number of carbonyl (C=O) groups excluding carboxylic acids is 1. The fourth-order valence-electron chi connectivity index (χ4n) is 7.45. The number of amides is 1. The molecule has 1 spiro atoms. The van der Waals surface area contributed by atoms with E-state index >= 15 is 0 Å². The Morgan fingerprint density at radius 2 is 2.11 bits per heavy atom. The summed E-state index contributed by atoms with van der Waals surface area (Å²) in [4.78, 5) is 17.0. The topological polar surface area (TPSA) is 73.2 Å². The van der Waals surface area contributed by atoms with Crippen LogP contribution in [0.15, 0.2) is 24.3 Å². The maximum absolute atomic E-state index is 12.9. The molecule has 1 saturated carbocycles. The molecule has 2 N–H and O–H groups in total. The molecule has 6 nitrogen and oxygen atoms in total. The van der Waals surface area contributed by atoms with Gasteiger partial charge in [0.2, 0.25) is 0 Å². The molecule has 0 unspecified atom stereocenters. The van der Waals surface area contributed by atoms with Gasteiger partial charge in [-0.2, -0.15) is 0 Å². The second-order valence-corrected chi connectivity index (χ2v) is 9.10. The van der Waals surface area contributed by atoms with Crippen molar-refractivity contribution in [2.45, 2.75) is 43.1 Å². The van der Waals surface area contributed by atoms with E-state index in [0.717, 1.165) is 37.2 Å². The normalized spacial score (nSPS) is 46.9. The van der Waals surface area contributed by atoms with Crippen LogP contribution in [0.4, 0.5) is 5.69 Å². The Morgan fingerprint density at radius 1 is 1.30 bits per heavy atom.